The zero-order valence-corrected chi connectivity index (χ0v) is 16.6. The van der Waals surface area contributed by atoms with Crippen molar-refractivity contribution in [3.8, 4) is 0 Å². The Morgan fingerprint density at radius 2 is 1.86 bits per heavy atom. The maximum atomic E-state index is 14.3. The van der Waals surface area contributed by atoms with Crippen LogP contribution in [0.1, 0.15) is 57.4 Å². The van der Waals surface area contributed by atoms with E-state index in [4.69, 9.17) is 5.73 Å². The van der Waals surface area contributed by atoms with Crippen LogP contribution in [0.25, 0.3) is 0 Å². The summed E-state index contributed by atoms with van der Waals surface area (Å²) < 4.78 is 28.6. The van der Waals surface area contributed by atoms with Gasteiger partial charge in [-0.1, -0.05) is 37.3 Å². The Kier molecular flexibility index (Phi) is 3.82. The van der Waals surface area contributed by atoms with E-state index in [2.05, 4.69) is 31.2 Å². The fourth-order valence-corrected chi connectivity index (χ4v) is 7.74. The van der Waals surface area contributed by atoms with E-state index in [1.165, 1.54) is 10.5 Å². The number of hydrogen-bond donors (Lipinski definition) is 1. The second kappa shape index (κ2) is 5.78. The van der Waals surface area contributed by atoms with Crippen LogP contribution in [0, 0.1) is 16.7 Å². The van der Waals surface area contributed by atoms with Crippen molar-refractivity contribution in [1.29, 1.82) is 0 Å². The highest BCUT2D eigenvalue weighted by atomic mass is 19.3. The van der Waals surface area contributed by atoms with Gasteiger partial charge in [0.1, 0.15) is 0 Å². The smallest absolute Gasteiger partial charge is 0.280 e. The second-order valence-corrected chi connectivity index (χ2v) is 10.6. The molecule has 1 aromatic carbocycles. The maximum absolute atomic E-state index is 14.3. The molecule has 5 fully saturated rings. The molecular weight excluding hydrogens is 358 g/mol. The van der Waals surface area contributed by atoms with E-state index < -0.39 is 23.9 Å². The molecule has 3 nitrogen and oxygen atoms in total. The maximum Gasteiger partial charge on any atom is 0.280 e. The van der Waals surface area contributed by atoms with Crippen LogP contribution in [-0.4, -0.2) is 35.9 Å². The fourth-order valence-electron chi connectivity index (χ4n) is 7.74. The second-order valence-electron chi connectivity index (χ2n) is 10.6. The molecule has 5 aliphatic rings. The molecule has 0 radical (unpaired) electrons. The molecule has 1 saturated heterocycles. The number of nitrogens with two attached hydrogens (primary N) is 1. The number of halogens is 2. The van der Waals surface area contributed by atoms with Gasteiger partial charge >= 0.3 is 0 Å². The number of amides is 1. The van der Waals surface area contributed by atoms with Crippen LogP contribution < -0.4 is 5.73 Å². The van der Waals surface area contributed by atoms with Crippen molar-refractivity contribution in [2.24, 2.45) is 22.5 Å². The molecule has 0 spiro atoms. The summed E-state index contributed by atoms with van der Waals surface area (Å²) in [7, 11) is 0. The monoisotopic (exact) mass is 388 g/mol. The van der Waals surface area contributed by atoms with Gasteiger partial charge in [0.25, 0.3) is 5.92 Å². The van der Waals surface area contributed by atoms with Crippen LogP contribution in [0.3, 0.4) is 0 Å². The molecule has 1 aliphatic heterocycles. The quantitative estimate of drug-likeness (QED) is 0.829. The van der Waals surface area contributed by atoms with Gasteiger partial charge in [-0.15, -0.1) is 0 Å². The summed E-state index contributed by atoms with van der Waals surface area (Å²) in [5.74, 6) is -2.51. The van der Waals surface area contributed by atoms with Crippen LogP contribution in [0.5, 0.6) is 0 Å². The fraction of sp³-hybridized carbons (Fsp3) is 0.696. The first-order valence-electron chi connectivity index (χ1n) is 10.6. The number of nitrogens with zero attached hydrogens (tertiary/aromatic N) is 1. The molecule has 152 valence electrons. The Hall–Kier alpha value is -1.49. The topological polar surface area (TPSA) is 46.3 Å². The van der Waals surface area contributed by atoms with Crippen molar-refractivity contribution >= 4 is 5.91 Å². The highest BCUT2D eigenvalue weighted by Crippen LogP contribution is 2.70. The summed E-state index contributed by atoms with van der Waals surface area (Å²) in [5.41, 5.74) is 6.59. The number of likely N-dealkylation sites (tertiary alicyclic amines) is 1. The number of hydrogen-bond acceptors (Lipinski definition) is 2. The van der Waals surface area contributed by atoms with E-state index in [1.807, 2.05) is 6.07 Å². The first-order valence-corrected chi connectivity index (χ1v) is 10.6. The van der Waals surface area contributed by atoms with Gasteiger partial charge < -0.3 is 10.6 Å². The zero-order chi connectivity index (χ0) is 19.8. The molecule has 0 aromatic heterocycles. The molecule has 1 heterocycles. The SMILES string of the molecule is C[C@]12CC3CC(C(=O)N4CCC(N)C(F)(F)C4)(C1)C[C@@](c1ccccc1)(C3)C2. The molecule has 4 aliphatic carbocycles. The molecule has 2 N–H and O–H groups in total. The molecule has 3 unspecified atom stereocenters. The number of carbonyl (C=O) groups excluding carboxylic acids is 1. The predicted molar refractivity (Wildman–Crippen MR) is 104 cm³/mol. The Morgan fingerprint density at radius 1 is 1.11 bits per heavy atom. The molecular formula is C23H30F2N2O. The number of alkyl halides is 2. The summed E-state index contributed by atoms with van der Waals surface area (Å²) in [6.07, 6.45) is 6.10. The highest BCUT2D eigenvalue weighted by molar-refractivity contribution is 5.84. The van der Waals surface area contributed by atoms with Gasteiger partial charge in [-0.2, -0.15) is 0 Å². The molecule has 4 saturated carbocycles. The predicted octanol–water partition coefficient (Wildman–Crippen LogP) is 4.11. The highest BCUT2D eigenvalue weighted by Gasteiger charge is 2.65. The summed E-state index contributed by atoms with van der Waals surface area (Å²) in [5, 5.41) is 0. The number of carbonyl (C=O) groups is 1. The van der Waals surface area contributed by atoms with E-state index in [1.54, 1.807) is 0 Å². The first-order chi connectivity index (χ1) is 13.2. The third kappa shape index (κ3) is 2.65. The first kappa shape index (κ1) is 18.5. The van der Waals surface area contributed by atoms with Gasteiger partial charge in [0.05, 0.1) is 18.0 Å². The Bertz CT molecular complexity index is 799. The minimum atomic E-state index is -2.99. The van der Waals surface area contributed by atoms with Crippen molar-refractivity contribution < 1.29 is 13.6 Å². The molecule has 1 aromatic rings. The average Bonchev–Trinajstić information content (AvgIpc) is 2.62. The molecule has 1 amide bonds. The van der Waals surface area contributed by atoms with Crippen molar-refractivity contribution in [2.75, 3.05) is 13.1 Å². The number of piperidine rings is 1. The van der Waals surface area contributed by atoms with Crippen LogP contribution in [0.4, 0.5) is 8.78 Å². The summed E-state index contributed by atoms with van der Waals surface area (Å²) in [6.45, 7) is 2.16. The molecule has 5 heteroatoms. The van der Waals surface area contributed by atoms with Crippen LogP contribution in [-0.2, 0) is 10.2 Å². The van der Waals surface area contributed by atoms with Gasteiger partial charge in [-0.25, -0.2) is 8.78 Å². The third-order valence-electron chi connectivity index (χ3n) is 8.13. The molecule has 28 heavy (non-hydrogen) atoms. The lowest BCUT2D eigenvalue weighted by atomic mass is 9.38. The number of rotatable bonds is 2. The summed E-state index contributed by atoms with van der Waals surface area (Å²) in [4.78, 5) is 15.2. The number of benzene rings is 1. The van der Waals surface area contributed by atoms with Gasteiger partial charge in [0, 0.05) is 6.54 Å². The molecule has 4 bridgehead atoms. The van der Waals surface area contributed by atoms with E-state index in [0.29, 0.717) is 12.5 Å². The summed E-state index contributed by atoms with van der Waals surface area (Å²) in [6, 6.07) is 9.45. The largest absolute Gasteiger partial charge is 0.336 e. The molecule has 6 rings (SSSR count). The lowest BCUT2D eigenvalue weighted by molar-refractivity contribution is -0.178. The minimum Gasteiger partial charge on any atom is -0.336 e. The lowest BCUT2D eigenvalue weighted by Crippen LogP contribution is -2.65. The average molecular weight is 389 g/mol. The van der Waals surface area contributed by atoms with E-state index in [0.717, 1.165) is 38.5 Å². The van der Waals surface area contributed by atoms with Crippen molar-refractivity contribution in [3.63, 3.8) is 0 Å². The van der Waals surface area contributed by atoms with E-state index in [-0.39, 0.29) is 23.2 Å². The Morgan fingerprint density at radius 3 is 2.54 bits per heavy atom. The Balaban J connectivity index is 1.50. The molecule has 5 atom stereocenters. The third-order valence-corrected chi connectivity index (χ3v) is 8.13. The van der Waals surface area contributed by atoms with Gasteiger partial charge in [0.2, 0.25) is 5.91 Å². The Labute approximate surface area is 165 Å². The van der Waals surface area contributed by atoms with Crippen molar-refractivity contribution in [3.05, 3.63) is 35.9 Å². The minimum absolute atomic E-state index is 0.0137. The van der Waals surface area contributed by atoms with Gasteiger partial charge in [-0.3, -0.25) is 4.79 Å². The van der Waals surface area contributed by atoms with Crippen LogP contribution >= 0.6 is 0 Å². The van der Waals surface area contributed by atoms with Gasteiger partial charge in [-0.05, 0) is 67.3 Å². The van der Waals surface area contributed by atoms with Crippen LogP contribution in [0.15, 0.2) is 30.3 Å². The normalized spacial score (nSPS) is 43.9. The summed E-state index contributed by atoms with van der Waals surface area (Å²) >= 11 is 0. The van der Waals surface area contributed by atoms with Gasteiger partial charge in [0.15, 0.2) is 0 Å². The standard InChI is InChI=1S/C23H30F2N2O/c1-20-9-16-10-21(12-20,17-5-3-2-4-6-17)14-22(11-16,13-20)19(28)27-8-7-18(26)23(24,25)15-27/h2-6,16,18H,7-15,26H2,1H3/t16?,18?,20-,21-,22?/m1/s1. The van der Waals surface area contributed by atoms with Crippen molar-refractivity contribution in [1.82, 2.24) is 4.90 Å². The van der Waals surface area contributed by atoms with Crippen molar-refractivity contribution in [2.45, 2.75) is 69.2 Å². The lowest BCUT2D eigenvalue weighted by Gasteiger charge is -2.66. The van der Waals surface area contributed by atoms with E-state index in [9.17, 15) is 13.6 Å². The van der Waals surface area contributed by atoms with E-state index >= 15 is 0 Å². The zero-order valence-electron chi connectivity index (χ0n) is 16.6. The van der Waals surface area contributed by atoms with Crippen LogP contribution in [0.2, 0.25) is 0 Å².